The third-order valence-electron chi connectivity index (χ3n) is 4.20. The molecule has 1 fully saturated rings. The molecule has 2 unspecified atom stereocenters. The molecule has 1 aromatic rings. The van der Waals surface area contributed by atoms with Gasteiger partial charge in [-0.05, 0) is 42.7 Å². The second-order valence-electron chi connectivity index (χ2n) is 6.92. The number of hydrogen-bond acceptors (Lipinski definition) is 2. The number of nitrogens with zero attached hydrogens (tertiary/aromatic N) is 1. The molecule has 2 rings (SSSR count). The first-order valence-electron chi connectivity index (χ1n) is 7.41. The molecular weight excluding hydrogens is 250 g/mol. The first-order chi connectivity index (χ1) is 9.37. The highest BCUT2D eigenvalue weighted by molar-refractivity contribution is 5.74. The average Bonchev–Trinajstić information content (AvgIpc) is 2.34. The van der Waals surface area contributed by atoms with Gasteiger partial charge in [-0.2, -0.15) is 0 Å². The van der Waals surface area contributed by atoms with Gasteiger partial charge in [0.1, 0.15) is 6.54 Å². The standard InChI is InChI=1S/C17H25NO2/c1-13-9-15(11-17(2,3)10-13)18(12-16(19)20)14-7-5-4-6-8-14/h4-8,13,15H,9-12H2,1-3H3,(H,19,20). The van der Waals surface area contributed by atoms with Gasteiger partial charge >= 0.3 is 5.97 Å². The summed E-state index contributed by atoms with van der Waals surface area (Å²) >= 11 is 0. The maximum atomic E-state index is 11.2. The van der Waals surface area contributed by atoms with Gasteiger partial charge in [0.2, 0.25) is 0 Å². The van der Waals surface area contributed by atoms with E-state index in [4.69, 9.17) is 0 Å². The summed E-state index contributed by atoms with van der Waals surface area (Å²) in [6.07, 6.45) is 3.35. The fraction of sp³-hybridized carbons (Fsp3) is 0.588. The zero-order valence-electron chi connectivity index (χ0n) is 12.7. The van der Waals surface area contributed by atoms with Crippen molar-refractivity contribution in [1.82, 2.24) is 0 Å². The smallest absolute Gasteiger partial charge is 0.323 e. The summed E-state index contributed by atoms with van der Waals surface area (Å²) in [5.74, 6) is -0.117. The van der Waals surface area contributed by atoms with E-state index in [1.807, 2.05) is 30.3 Å². The second kappa shape index (κ2) is 5.86. The van der Waals surface area contributed by atoms with Crippen LogP contribution >= 0.6 is 0 Å². The van der Waals surface area contributed by atoms with E-state index in [2.05, 4.69) is 25.7 Å². The topological polar surface area (TPSA) is 40.5 Å². The Hall–Kier alpha value is -1.51. The maximum absolute atomic E-state index is 11.2. The predicted molar refractivity (Wildman–Crippen MR) is 82.0 cm³/mol. The minimum Gasteiger partial charge on any atom is -0.480 e. The number of carboxylic acids is 1. The first kappa shape index (κ1) is 14.9. The molecule has 0 amide bonds. The average molecular weight is 275 g/mol. The van der Waals surface area contributed by atoms with Gasteiger partial charge in [0.15, 0.2) is 0 Å². The summed E-state index contributed by atoms with van der Waals surface area (Å²) in [4.78, 5) is 13.3. The molecule has 1 aromatic carbocycles. The molecule has 0 spiro atoms. The zero-order valence-corrected chi connectivity index (χ0v) is 12.7. The van der Waals surface area contributed by atoms with Gasteiger partial charge in [-0.25, -0.2) is 0 Å². The van der Waals surface area contributed by atoms with Crippen molar-refractivity contribution in [2.75, 3.05) is 11.4 Å². The lowest BCUT2D eigenvalue weighted by molar-refractivity contribution is -0.135. The maximum Gasteiger partial charge on any atom is 0.323 e. The van der Waals surface area contributed by atoms with E-state index in [-0.39, 0.29) is 12.0 Å². The number of aliphatic carboxylic acids is 1. The van der Waals surface area contributed by atoms with E-state index in [1.165, 1.54) is 6.42 Å². The second-order valence-corrected chi connectivity index (χ2v) is 6.92. The van der Waals surface area contributed by atoms with Crippen LogP contribution in [0.4, 0.5) is 5.69 Å². The van der Waals surface area contributed by atoms with Crippen LogP contribution in [0, 0.1) is 11.3 Å². The summed E-state index contributed by atoms with van der Waals surface area (Å²) in [6.45, 7) is 6.94. The summed E-state index contributed by atoms with van der Waals surface area (Å²) in [7, 11) is 0. The quantitative estimate of drug-likeness (QED) is 0.908. The number of anilines is 1. The Labute approximate surface area is 121 Å². The van der Waals surface area contributed by atoms with Crippen LogP contribution in [0.2, 0.25) is 0 Å². The molecule has 0 aliphatic heterocycles. The number of rotatable bonds is 4. The molecule has 1 aliphatic rings. The lowest BCUT2D eigenvalue weighted by atomic mass is 9.70. The largest absolute Gasteiger partial charge is 0.480 e. The van der Waals surface area contributed by atoms with Crippen LogP contribution in [-0.4, -0.2) is 23.7 Å². The molecule has 20 heavy (non-hydrogen) atoms. The summed E-state index contributed by atoms with van der Waals surface area (Å²) in [6, 6.07) is 10.2. The van der Waals surface area contributed by atoms with Crippen LogP contribution in [0.25, 0.3) is 0 Å². The van der Waals surface area contributed by atoms with Crippen molar-refractivity contribution in [2.24, 2.45) is 11.3 Å². The van der Waals surface area contributed by atoms with Crippen LogP contribution in [0.3, 0.4) is 0 Å². The van der Waals surface area contributed by atoms with Crippen LogP contribution in [0.15, 0.2) is 30.3 Å². The van der Waals surface area contributed by atoms with Gasteiger partial charge in [0, 0.05) is 11.7 Å². The van der Waals surface area contributed by atoms with E-state index < -0.39 is 5.97 Å². The molecule has 3 nitrogen and oxygen atoms in total. The van der Waals surface area contributed by atoms with Gasteiger partial charge in [-0.15, -0.1) is 0 Å². The Balaban J connectivity index is 2.24. The van der Waals surface area contributed by atoms with E-state index >= 15 is 0 Å². The van der Waals surface area contributed by atoms with Crippen molar-refractivity contribution in [3.05, 3.63) is 30.3 Å². The van der Waals surface area contributed by atoms with Crippen molar-refractivity contribution in [2.45, 2.75) is 46.1 Å². The van der Waals surface area contributed by atoms with Crippen molar-refractivity contribution in [1.29, 1.82) is 0 Å². The highest BCUT2D eigenvalue weighted by Crippen LogP contribution is 2.41. The van der Waals surface area contributed by atoms with Crippen LogP contribution in [0.5, 0.6) is 0 Å². The molecule has 110 valence electrons. The number of carboxylic acid groups (broad SMARTS) is 1. The lowest BCUT2D eigenvalue weighted by Crippen LogP contribution is -2.45. The zero-order chi connectivity index (χ0) is 14.8. The SMILES string of the molecule is CC1CC(N(CC(=O)O)c2ccccc2)CC(C)(C)C1. The number of carbonyl (C=O) groups is 1. The normalized spacial score (nSPS) is 25.1. The number of para-hydroxylation sites is 1. The summed E-state index contributed by atoms with van der Waals surface area (Å²) < 4.78 is 0. The third kappa shape index (κ3) is 3.75. The fourth-order valence-corrected chi connectivity index (χ4v) is 3.73. The van der Waals surface area contributed by atoms with E-state index in [1.54, 1.807) is 0 Å². The Morgan fingerprint density at radius 2 is 1.95 bits per heavy atom. The van der Waals surface area contributed by atoms with Gasteiger partial charge in [0.25, 0.3) is 0 Å². The number of hydrogen-bond donors (Lipinski definition) is 1. The van der Waals surface area contributed by atoms with E-state index in [9.17, 15) is 9.90 Å². The number of benzene rings is 1. The molecule has 3 heteroatoms. The monoisotopic (exact) mass is 275 g/mol. The van der Waals surface area contributed by atoms with Gasteiger partial charge in [-0.3, -0.25) is 4.79 Å². The Morgan fingerprint density at radius 3 is 2.50 bits per heavy atom. The molecular formula is C17H25NO2. The third-order valence-corrected chi connectivity index (χ3v) is 4.20. The van der Waals surface area contributed by atoms with E-state index in [0.29, 0.717) is 12.0 Å². The molecule has 1 N–H and O–H groups in total. The molecule has 2 atom stereocenters. The molecule has 0 radical (unpaired) electrons. The van der Waals surface area contributed by atoms with Crippen molar-refractivity contribution >= 4 is 11.7 Å². The lowest BCUT2D eigenvalue weighted by Gasteiger charge is -2.44. The highest BCUT2D eigenvalue weighted by atomic mass is 16.4. The van der Waals surface area contributed by atoms with Crippen molar-refractivity contribution in [3.8, 4) is 0 Å². The highest BCUT2D eigenvalue weighted by Gasteiger charge is 2.35. The molecule has 1 aliphatic carbocycles. The van der Waals surface area contributed by atoms with Gasteiger partial charge < -0.3 is 10.0 Å². The Bertz CT molecular complexity index is 455. The van der Waals surface area contributed by atoms with Crippen LogP contribution < -0.4 is 4.90 Å². The molecule has 0 bridgehead atoms. The summed E-state index contributed by atoms with van der Waals surface area (Å²) in [5, 5.41) is 9.23. The minimum absolute atomic E-state index is 0.0808. The first-order valence-corrected chi connectivity index (χ1v) is 7.41. The minimum atomic E-state index is -0.759. The fourth-order valence-electron chi connectivity index (χ4n) is 3.73. The molecule has 1 saturated carbocycles. The van der Waals surface area contributed by atoms with E-state index in [0.717, 1.165) is 18.5 Å². The molecule has 0 heterocycles. The van der Waals surface area contributed by atoms with Gasteiger partial charge in [0.05, 0.1) is 0 Å². The van der Waals surface area contributed by atoms with Gasteiger partial charge in [-0.1, -0.05) is 39.0 Å². The Kier molecular flexibility index (Phi) is 4.36. The molecule has 0 aromatic heterocycles. The molecule has 0 saturated heterocycles. The predicted octanol–water partition coefficient (Wildman–Crippen LogP) is 3.79. The Morgan fingerprint density at radius 1 is 1.30 bits per heavy atom. The van der Waals surface area contributed by atoms with Crippen molar-refractivity contribution in [3.63, 3.8) is 0 Å². The summed E-state index contributed by atoms with van der Waals surface area (Å²) in [5.41, 5.74) is 1.30. The van der Waals surface area contributed by atoms with Crippen molar-refractivity contribution < 1.29 is 9.90 Å². The van der Waals surface area contributed by atoms with Crippen LogP contribution in [-0.2, 0) is 4.79 Å². The van der Waals surface area contributed by atoms with Crippen LogP contribution in [0.1, 0.15) is 40.0 Å².